The summed E-state index contributed by atoms with van der Waals surface area (Å²) in [4.78, 5) is 12.1. The summed E-state index contributed by atoms with van der Waals surface area (Å²) in [7, 11) is 0. The molecule has 0 spiro atoms. The van der Waals surface area contributed by atoms with Crippen LogP contribution in [0.4, 0.5) is 5.69 Å². The van der Waals surface area contributed by atoms with E-state index in [0.717, 1.165) is 5.56 Å². The van der Waals surface area contributed by atoms with Crippen molar-refractivity contribution in [1.82, 2.24) is 0 Å². The van der Waals surface area contributed by atoms with E-state index >= 15 is 0 Å². The first kappa shape index (κ1) is 16.8. The van der Waals surface area contributed by atoms with E-state index in [4.69, 9.17) is 4.74 Å². The summed E-state index contributed by atoms with van der Waals surface area (Å²) in [6, 6.07) is 15.6. The predicted octanol–water partition coefficient (Wildman–Crippen LogP) is 4.86. The smallest absolute Gasteiger partial charge is 0.248 e. The maximum absolute atomic E-state index is 12.1. The van der Waals surface area contributed by atoms with Gasteiger partial charge in [0.2, 0.25) is 5.91 Å². The Morgan fingerprint density at radius 3 is 2.48 bits per heavy atom. The highest BCUT2D eigenvalue weighted by Gasteiger charge is 2.04. The van der Waals surface area contributed by atoms with Crippen LogP contribution in [0.25, 0.3) is 6.08 Å². The minimum atomic E-state index is -0.176. The van der Waals surface area contributed by atoms with Crippen molar-refractivity contribution in [3.8, 4) is 5.75 Å². The molecule has 1 N–H and O–H groups in total. The molecule has 2 aromatic carbocycles. The second-order valence-corrected chi connectivity index (χ2v) is 5.57. The maximum atomic E-state index is 12.1. The first-order chi connectivity index (χ1) is 11.1. The van der Waals surface area contributed by atoms with E-state index in [1.165, 1.54) is 11.6 Å². The maximum Gasteiger partial charge on any atom is 0.248 e. The zero-order valence-corrected chi connectivity index (χ0v) is 13.9. The Morgan fingerprint density at radius 2 is 1.83 bits per heavy atom. The van der Waals surface area contributed by atoms with Gasteiger partial charge in [0.25, 0.3) is 0 Å². The number of para-hydroxylation sites is 2. The topological polar surface area (TPSA) is 38.3 Å². The molecular formula is C20H23NO2. The summed E-state index contributed by atoms with van der Waals surface area (Å²) in [5, 5.41) is 2.84. The van der Waals surface area contributed by atoms with Crippen LogP contribution in [0.1, 0.15) is 37.8 Å². The lowest BCUT2D eigenvalue weighted by molar-refractivity contribution is -0.111. The molecule has 0 aliphatic heterocycles. The Balaban J connectivity index is 2.01. The third-order valence-corrected chi connectivity index (χ3v) is 3.48. The zero-order chi connectivity index (χ0) is 16.7. The molecule has 0 fully saturated rings. The van der Waals surface area contributed by atoms with Crippen molar-refractivity contribution in [1.29, 1.82) is 0 Å². The van der Waals surface area contributed by atoms with E-state index < -0.39 is 0 Å². The molecule has 3 nitrogen and oxygen atoms in total. The van der Waals surface area contributed by atoms with Gasteiger partial charge in [-0.1, -0.05) is 50.2 Å². The highest BCUT2D eigenvalue weighted by atomic mass is 16.5. The van der Waals surface area contributed by atoms with Crippen LogP contribution in [0, 0.1) is 0 Å². The number of amides is 1. The summed E-state index contributed by atoms with van der Waals surface area (Å²) in [5.74, 6) is 1.01. The van der Waals surface area contributed by atoms with E-state index in [-0.39, 0.29) is 5.91 Å². The number of carbonyl (C=O) groups excluding carboxylic acids is 1. The first-order valence-corrected chi connectivity index (χ1v) is 7.91. The average Bonchev–Trinajstić information content (AvgIpc) is 2.55. The van der Waals surface area contributed by atoms with E-state index in [2.05, 4.69) is 31.3 Å². The Labute approximate surface area is 138 Å². The monoisotopic (exact) mass is 309 g/mol. The highest BCUT2D eigenvalue weighted by molar-refractivity contribution is 6.02. The molecule has 0 heterocycles. The fraction of sp³-hybridized carbons (Fsp3) is 0.250. The van der Waals surface area contributed by atoms with E-state index in [1.807, 2.05) is 49.4 Å². The van der Waals surface area contributed by atoms with Crippen molar-refractivity contribution in [2.24, 2.45) is 0 Å². The number of rotatable bonds is 6. The molecule has 0 atom stereocenters. The molecule has 0 bridgehead atoms. The normalized spacial score (nSPS) is 11.0. The van der Waals surface area contributed by atoms with Crippen LogP contribution >= 0.6 is 0 Å². The van der Waals surface area contributed by atoms with E-state index in [1.54, 1.807) is 0 Å². The standard InChI is InChI=1S/C20H23NO2/c1-4-23-19-8-6-5-7-18(19)21-20(22)14-11-16-9-12-17(13-10-16)15(2)3/h5-15H,4H2,1-3H3,(H,21,22)/b14-11+. The quantitative estimate of drug-likeness (QED) is 0.774. The number of hydrogen-bond acceptors (Lipinski definition) is 2. The fourth-order valence-electron chi connectivity index (χ4n) is 2.19. The summed E-state index contributed by atoms with van der Waals surface area (Å²) in [6.45, 7) is 6.80. The Kier molecular flexibility index (Phi) is 5.98. The van der Waals surface area contributed by atoms with Crippen molar-refractivity contribution in [2.45, 2.75) is 26.7 Å². The van der Waals surface area contributed by atoms with Gasteiger partial charge in [0.1, 0.15) is 5.75 Å². The third kappa shape index (κ3) is 4.99. The molecule has 120 valence electrons. The molecule has 0 aliphatic rings. The zero-order valence-electron chi connectivity index (χ0n) is 13.9. The van der Waals surface area contributed by atoms with Gasteiger partial charge in [0.15, 0.2) is 0 Å². The number of nitrogens with one attached hydrogen (secondary N) is 1. The summed E-state index contributed by atoms with van der Waals surface area (Å²) >= 11 is 0. The van der Waals surface area contributed by atoms with Crippen LogP contribution in [0.15, 0.2) is 54.6 Å². The third-order valence-electron chi connectivity index (χ3n) is 3.48. The minimum absolute atomic E-state index is 0.176. The van der Waals surface area contributed by atoms with Crippen LogP contribution in [0.2, 0.25) is 0 Å². The fourth-order valence-corrected chi connectivity index (χ4v) is 2.19. The van der Waals surface area contributed by atoms with Gasteiger partial charge in [0, 0.05) is 6.08 Å². The molecule has 0 aliphatic carbocycles. The van der Waals surface area contributed by atoms with Gasteiger partial charge in [-0.05, 0) is 42.2 Å². The number of ether oxygens (including phenoxy) is 1. The first-order valence-electron chi connectivity index (χ1n) is 7.91. The van der Waals surface area contributed by atoms with Crippen LogP contribution in [-0.2, 0) is 4.79 Å². The minimum Gasteiger partial charge on any atom is -0.492 e. The number of carbonyl (C=O) groups is 1. The predicted molar refractivity (Wildman–Crippen MR) is 95.8 cm³/mol. The van der Waals surface area contributed by atoms with Gasteiger partial charge < -0.3 is 10.1 Å². The molecule has 23 heavy (non-hydrogen) atoms. The molecule has 2 rings (SSSR count). The van der Waals surface area contributed by atoms with Gasteiger partial charge >= 0.3 is 0 Å². The molecule has 3 heteroatoms. The van der Waals surface area contributed by atoms with Crippen molar-refractivity contribution in [2.75, 3.05) is 11.9 Å². The van der Waals surface area contributed by atoms with Crippen molar-refractivity contribution < 1.29 is 9.53 Å². The average molecular weight is 309 g/mol. The second-order valence-electron chi connectivity index (χ2n) is 5.57. The van der Waals surface area contributed by atoms with Crippen LogP contribution < -0.4 is 10.1 Å². The molecule has 0 saturated carbocycles. The lowest BCUT2D eigenvalue weighted by Crippen LogP contribution is -2.09. The Morgan fingerprint density at radius 1 is 1.13 bits per heavy atom. The molecule has 2 aromatic rings. The van der Waals surface area contributed by atoms with E-state index in [9.17, 15) is 4.79 Å². The van der Waals surface area contributed by atoms with Crippen LogP contribution in [-0.4, -0.2) is 12.5 Å². The molecular weight excluding hydrogens is 286 g/mol. The molecule has 1 amide bonds. The van der Waals surface area contributed by atoms with Crippen LogP contribution in [0.3, 0.4) is 0 Å². The van der Waals surface area contributed by atoms with Gasteiger partial charge in [0.05, 0.1) is 12.3 Å². The van der Waals surface area contributed by atoms with E-state index in [0.29, 0.717) is 24.0 Å². The number of anilines is 1. The number of benzene rings is 2. The largest absolute Gasteiger partial charge is 0.492 e. The lowest BCUT2D eigenvalue weighted by Gasteiger charge is -2.09. The van der Waals surface area contributed by atoms with Crippen LogP contribution in [0.5, 0.6) is 5.75 Å². The van der Waals surface area contributed by atoms with Crippen molar-refractivity contribution in [3.63, 3.8) is 0 Å². The highest BCUT2D eigenvalue weighted by Crippen LogP contribution is 2.23. The van der Waals surface area contributed by atoms with Crippen molar-refractivity contribution >= 4 is 17.7 Å². The van der Waals surface area contributed by atoms with Crippen molar-refractivity contribution in [3.05, 3.63) is 65.7 Å². The molecule has 0 unspecified atom stereocenters. The molecule has 0 aromatic heterocycles. The SMILES string of the molecule is CCOc1ccccc1NC(=O)/C=C/c1ccc(C(C)C)cc1. The molecule has 0 radical (unpaired) electrons. The number of hydrogen-bond donors (Lipinski definition) is 1. The second kappa shape index (κ2) is 8.18. The lowest BCUT2D eigenvalue weighted by atomic mass is 10.0. The summed E-state index contributed by atoms with van der Waals surface area (Å²) in [6.07, 6.45) is 3.34. The summed E-state index contributed by atoms with van der Waals surface area (Å²) in [5.41, 5.74) is 2.97. The van der Waals surface area contributed by atoms with Gasteiger partial charge in [-0.25, -0.2) is 0 Å². The Bertz CT molecular complexity index is 672. The van der Waals surface area contributed by atoms with Gasteiger partial charge in [-0.3, -0.25) is 4.79 Å². The van der Waals surface area contributed by atoms with Gasteiger partial charge in [-0.15, -0.1) is 0 Å². The Hall–Kier alpha value is -2.55. The molecule has 0 saturated heterocycles. The summed E-state index contributed by atoms with van der Waals surface area (Å²) < 4.78 is 5.50. The van der Waals surface area contributed by atoms with Gasteiger partial charge in [-0.2, -0.15) is 0 Å².